The summed E-state index contributed by atoms with van der Waals surface area (Å²) in [4.78, 5) is 10.9. The summed E-state index contributed by atoms with van der Waals surface area (Å²) in [5.41, 5.74) is 0. The van der Waals surface area contributed by atoms with Crippen LogP contribution in [0.1, 0.15) is 12.8 Å². The number of hydrogen-bond donors (Lipinski definition) is 0. The number of fused-ring (bicyclic) bond motifs is 1. The Bertz CT molecular complexity index is 213. The van der Waals surface area contributed by atoms with Crippen LogP contribution in [-0.2, 0) is 9.53 Å². The molecule has 0 bridgehead atoms. The van der Waals surface area contributed by atoms with Crippen molar-refractivity contribution >= 4 is 5.97 Å². The fourth-order valence-corrected chi connectivity index (χ4v) is 2.17. The van der Waals surface area contributed by atoms with E-state index >= 15 is 0 Å². The number of carbonyl (C=O) groups is 1. The van der Waals surface area contributed by atoms with Crippen molar-refractivity contribution in [2.24, 2.45) is 17.8 Å². The number of ether oxygens (including phenoxy) is 1. The predicted octanol–water partition coefficient (Wildman–Crippen LogP) is 1.45. The van der Waals surface area contributed by atoms with E-state index in [1.54, 1.807) is 0 Å². The Morgan fingerprint density at radius 3 is 2.33 bits per heavy atom. The van der Waals surface area contributed by atoms with Gasteiger partial charge in [0, 0.05) is 11.8 Å². The largest absolute Gasteiger partial charge is 0.469 e. The Kier molecular flexibility index (Phi) is 1.44. The van der Waals surface area contributed by atoms with Crippen molar-refractivity contribution in [3.8, 4) is 0 Å². The first-order valence-corrected chi connectivity index (χ1v) is 4.03. The van der Waals surface area contributed by atoms with Crippen molar-refractivity contribution in [3.63, 3.8) is 0 Å². The topological polar surface area (TPSA) is 26.3 Å². The highest BCUT2D eigenvalue weighted by Crippen LogP contribution is 2.65. The molecule has 0 saturated heterocycles. The van der Waals surface area contributed by atoms with Gasteiger partial charge < -0.3 is 4.74 Å². The van der Waals surface area contributed by atoms with Crippen LogP contribution in [0.3, 0.4) is 0 Å². The quantitative estimate of drug-likeness (QED) is 0.565. The molecule has 0 unspecified atom stereocenters. The monoisotopic (exact) mass is 176 g/mol. The predicted molar refractivity (Wildman–Crippen MR) is 36.7 cm³/mol. The molecule has 2 rings (SSSR count). The Morgan fingerprint density at radius 1 is 1.42 bits per heavy atom. The molecule has 0 aliphatic heterocycles. The maximum atomic E-state index is 12.6. The molecular weight excluding hydrogens is 166 g/mol. The first kappa shape index (κ1) is 7.95. The molecule has 0 N–H and O–H groups in total. The van der Waals surface area contributed by atoms with Gasteiger partial charge >= 0.3 is 5.97 Å². The average molecular weight is 176 g/mol. The van der Waals surface area contributed by atoms with Crippen LogP contribution in [0.5, 0.6) is 0 Å². The molecule has 0 aromatic carbocycles. The maximum Gasteiger partial charge on any atom is 0.308 e. The molecule has 4 heteroatoms. The number of methoxy groups -OCH3 is 1. The van der Waals surface area contributed by atoms with E-state index in [1.807, 2.05) is 0 Å². The van der Waals surface area contributed by atoms with Crippen molar-refractivity contribution < 1.29 is 18.3 Å². The smallest absolute Gasteiger partial charge is 0.308 e. The average Bonchev–Trinajstić information content (AvgIpc) is 2.52. The second kappa shape index (κ2) is 2.18. The van der Waals surface area contributed by atoms with Gasteiger partial charge in [-0.05, 0) is 12.8 Å². The standard InChI is InChI=1S/C8H10F2O2/c1-12-7(11)4-2-5-6(3-4)8(5,9)10/h4-6H,2-3H2,1H3/t5-,6-/m0/s1. The van der Waals surface area contributed by atoms with Gasteiger partial charge in [0.25, 0.3) is 5.92 Å². The summed E-state index contributed by atoms with van der Waals surface area (Å²) < 4.78 is 29.7. The summed E-state index contributed by atoms with van der Waals surface area (Å²) in [7, 11) is 1.30. The van der Waals surface area contributed by atoms with E-state index in [2.05, 4.69) is 4.74 Å². The highest BCUT2D eigenvalue weighted by atomic mass is 19.3. The molecule has 0 aromatic rings. The normalized spacial score (nSPS) is 37.6. The molecule has 0 aromatic heterocycles. The summed E-state index contributed by atoms with van der Waals surface area (Å²) in [5, 5.41) is 0. The van der Waals surface area contributed by atoms with Gasteiger partial charge in [0.1, 0.15) is 0 Å². The SMILES string of the molecule is COC(=O)C1C[C@H]2[C@H](C1)C2(F)F. The highest BCUT2D eigenvalue weighted by Gasteiger charge is 2.72. The lowest BCUT2D eigenvalue weighted by Crippen LogP contribution is -2.18. The zero-order chi connectivity index (χ0) is 8.93. The summed E-state index contributed by atoms with van der Waals surface area (Å²) in [6.07, 6.45) is 0.620. The lowest BCUT2D eigenvalue weighted by atomic mass is 10.0. The summed E-state index contributed by atoms with van der Waals surface area (Å²) in [6, 6.07) is 0. The molecule has 68 valence electrons. The van der Waals surface area contributed by atoms with E-state index in [9.17, 15) is 13.6 Å². The third-order valence-corrected chi connectivity index (χ3v) is 2.98. The molecule has 0 amide bonds. The third-order valence-electron chi connectivity index (χ3n) is 2.98. The maximum absolute atomic E-state index is 12.6. The van der Waals surface area contributed by atoms with E-state index in [0.29, 0.717) is 12.8 Å². The van der Waals surface area contributed by atoms with Gasteiger partial charge in [-0.3, -0.25) is 4.79 Å². The van der Waals surface area contributed by atoms with E-state index < -0.39 is 17.8 Å². The van der Waals surface area contributed by atoms with Gasteiger partial charge in [0.05, 0.1) is 13.0 Å². The van der Waals surface area contributed by atoms with Crippen molar-refractivity contribution in [2.75, 3.05) is 7.11 Å². The van der Waals surface area contributed by atoms with E-state index in [1.165, 1.54) is 7.11 Å². The van der Waals surface area contributed by atoms with Crippen LogP contribution >= 0.6 is 0 Å². The fourth-order valence-electron chi connectivity index (χ4n) is 2.17. The van der Waals surface area contributed by atoms with Crippen LogP contribution in [-0.4, -0.2) is 19.0 Å². The molecule has 0 heterocycles. The minimum absolute atomic E-state index is 0.273. The molecule has 2 aliphatic carbocycles. The summed E-state index contributed by atoms with van der Waals surface area (Å²) >= 11 is 0. The van der Waals surface area contributed by atoms with E-state index in [4.69, 9.17) is 0 Å². The molecule has 2 saturated carbocycles. The van der Waals surface area contributed by atoms with Gasteiger partial charge in [-0.15, -0.1) is 0 Å². The van der Waals surface area contributed by atoms with E-state index in [-0.39, 0.29) is 11.9 Å². The zero-order valence-electron chi connectivity index (χ0n) is 6.72. The number of alkyl halides is 2. The van der Waals surface area contributed by atoms with Crippen molar-refractivity contribution in [1.29, 1.82) is 0 Å². The van der Waals surface area contributed by atoms with Crippen LogP contribution in [0.25, 0.3) is 0 Å². The number of carbonyl (C=O) groups excluding carboxylic acids is 1. The first-order valence-electron chi connectivity index (χ1n) is 4.03. The van der Waals surface area contributed by atoms with Gasteiger partial charge in [-0.2, -0.15) is 0 Å². The number of rotatable bonds is 1. The van der Waals surface area contributed by atoms with Crippen LogP contribution in [0.15, 0.2) is 0 Å². The Labute approximate surface area is 68.9 Å². The molecule has 0 spiro atoms. The Hall–Kier alpha value is -0.670. The Balaban J connectivity index is 1.94. The first-order chi connectivity index (χ1) is 5.57. The molecule has 12 heavy (non-hydrogen) atoms. The second-order valence-electron chi connectivity index (χ2n) is 3.58. The van der Waals surface area contributed by atoms with Gasteiger partial charge in [-0.1, -0.05) is 0 Å². The molecule has 2 atom stereocenters. The van der Waals surface area contributed by atoms with Crippen molar-refractivity contribution in [1.82, 2.24) is 0 Å². The Morgan fingerprint density at radius 2 is 1.92 bits per heavy atom. The summed E-state index contributed by atoms with van der Waals surface area (Å²) in [5.74, 6) is -4.17. The van der Waals surface area contributed by atoms with Crippen LogP contribution < -0.4 is 0 Å². The fraction of sp³-hybridized carbons (Fsp3) is 0.875. The molecule has 2 fully saturated rings. The van der Waals surface area contributed by atoms with Crippen LogP contribution in [0, 0.1) is 17.8 Å². The number of halogens is 2. The lowest BCUT2D eigenvalue weighted by Gasteiger charge is -2.10. The molecular formula is C8H10F2O2. The lowest BCUT2D eigenvalue weighted by molar-refractivity contribution is -0.146. The van der Waals surface area contributed by atoms with E-state index in [0.717, 1.165) is 0 Å². The third kappa shape index (κ3) is 0.867. The molecule has 2 nitrogen and oxygen atoms in total. The minimum Gasteiger partial charge on any atom is -0.469 e. The number of esters is 1. The summed E-state index contributed by atoms with van der Waals surface area (Å²) in [6.45, 7) is 0. The van der Waals surface area contributed by atoms with Gasteiger partial charge in [-0.25, -0.2) is 8.78 Å². The number of hydrogen-bond acceptors (Lipinski definition) is 2. The zero-order valence-corrected chi connectivity index (χ0v) is 6.72. The van der Waals surface area contributed by atoms with Crippen LogP contribution in [0.2, 0.25) is 0 Å². The molecule has 0 radical (unpaired) electrons. The van der Waals surface area contributed by atoms with Gasteiger partial charge in [0.15, 0.2) is 0 Å². The van der Waals surface area contributed by atoms with Crippen LogP contribution in [0.4, 0.5) is 8.78 Å². The highest BCUT2D eigenvalue weighted by molar-refractivity contribution is 5.73. The minimum atomic E-state index is -2.48. The van der Waals surface area contributed by atoms with Crippen molar-refractivity contribution in [3.05, 3.63) is 0 Å². The molecule has 2 aliphatic rings. The van der Waals surface area contributed by atoms with Gasteiger partial charge in [0.2, 0.25) is 0 Å². The van der Waals surface area contributed by atoms with Crippen molar-refractivity contribution in [2.45, 2.75) is 18.8 Å². The second-order valence-corrected chi connectivity index (χ2v) is 3.58.